The van der Waals surface area contributed by atoms with E-state index in [4.69, 9.17) is 0 Å². The largest absolute Gasteiger partial charge is 0.573 e. The van der Waals surface area contributed by atoms with E-state index in [0.29, 0.717) is 5.92 Å². The lowest BCUT2D eigenvalue weighted by molar-refractivity contribution is -0.274. The van der Waals surface area contributed by atoms with Gasteiger partial charge in [-0.2, -0.15) is 0 Å². The van der Waals surface area contributed by atoms with Crippen LogP contribution in [0.25, 0.3) is 0 Å². The van der Waals surface area contributed by atoms with Gasteiger partial charge in [0.1, 0.15) is 5.75 Å². The van der Waals surface area contributed by atoms with E-state index in [0.717, 1.165) is 44.3 Å². The normalized spacial score (nSPS) is 24.0. The van der Waals surface area contributed by atoms with Crippen molar-refractivity contribution in [2.75, 3.05) is 13.1 Å². The Labute approximate surface area is 120 Å². The van der Waals surface area contributed by atoms with Crippen LogP contribution < -0.4 is 4.74 Å². The molecule has 2 fully saturated rings. The summed E-state index contributed by atoms with van der Waals surface area (Å²) in [7, 11) is 0. The molecule has 0 unspecified atom stereocenters. The summed E-state index contributed by atoms with van der Waals surface area (Å²) in [4.78, 5) is 12.4. The molecule has 1 aliphatic carbocycles. The van der Waals surface area contributed by atoms with Crippen LogP contribution in [0.5, 0.6) is 5.75 Å². The highest BCUT2D eigenvalue weighted by Crippen LogP contribution is 2.51. The smallest absolute Gasteiger partial charge is 0.406 e. The first-order valence-corrected chi connectivity index (χ1v) is 6.94. The zero-order valence-corrected chi connectivity index (χ0v) is 11.4. The van der Waals surface area contributed by atoms with Gasteiger partial charge in [0.2, 0.25) is 6.41 Å². The van der Waals surface area contributed by atoms with Gasteiger partial charge in [-0.1, -0.05) is 12.1 Å². The third-order valence-electron chi connectivity index (χ3n) is 4.51. The van der Waals surface area contributed by atoms with Crippen molar-refractivity contribution in [3.05, 3.63) is 29.8 Å². The summed E-state index contributed by atoms with van der Waals surface area (Å²) >= 11 is 0. The Kier molecular flexibility index (Phi) is 3.34. The lowest BCUT2D eigenvalue weighted by atomic mass is 9.77. The van der Waals surface area contributed by atoms with Crippen LogP contribution in [0.1, 0.15) is 30.7 Å². The second kappa shape index (κ2) is 4.93. The second-order valence-corrected chi connectivity index (χ2v) is 6.07. The Bertz CT molecular complexity index is 521. The van der Waals surface area contributed by atoms with Crippen LogP contribution >= 0.6 is 0 Å². The Morgan fingerprint density at radius 3 is 2.48 bits per heavy atom. The maximum atomic E-state index is 12.1. The number of nitrogens with zero attached hydrogens (tertiary/aromatic N) is 1. The molecule has 1 atom stereocenters. The lowest BCUT2D eigenvalue weighted by Gasteiger charge is -2.46. The Hall–Kier alpha value is -1.72. The molecule has 1 saturated carbocycles. The zero-order chi connectivity index (χ0) is 15.1. The minimum atomic E-state index is -4.65. The van der Waals surface area contributed by atoms with E-state index < -0.39 is 6.36 Å². The molecule has 1 spiro atoms. The molecule has 6 heteroatoms. The summed E-state index contributed by atoms with van der Waals surface area (Å²) in [5.74, 6) is 0.175. The second-order valence-electron chi connectivity index (χ2n) is 6.07. The molecule has 1 amide bonds. The van der Waals surface area contributed by atoms with Gasteiger partial charge in [-0.15, -0.1) is 13.2 Å². The van der Waals surface area contributed by atoms with Gasteiger partial charge in [-0.3, -0.25) is 4.79 Å². The SMILES string of the molecule is O=CN1CC2(CC[C@H](c3ccc(OC(F)(F)F)cc3)C2)C1. The van der Waals surface area contributed by atoms with Gasteiger partial charge in [0.15, 0.2) is 0 Å². The van der Waals surface area contributed by atoms with Gasteiger partial charge in [-0.25, -0.2) is 0 Å². The number of hydrogen-bond donors (Lipinski definition) is 0. The third-order valence-corrected chi connectivity index (χ3v) is 4.51. The number of halogens is 3. The predicted molar refractivity (Wildman–Crippen MR) is 69.8 cm³/mol. The fourth-order valence-electron chi connectivity index (χ4n) is 3.61. The summed E-state index contributed by atoms with van der Waals surface area (Å²) in [6.45, 7) is 1.62. The van der Waals surface area contributed by atoms with Gasteiger partial charge in [0, 0.05) is 18.5 Å². The highest BCUT2D eigenvalue weighted by Gasteiger charge is 2.47. The summed E-state index contributed by atoms with van der Waals surface area (Å²) in [5, 5.41) is 0. The fourth-order valence-corrected chi connectivity index (χ4v) is 3.61. The third kappa shape index (κ3) is 2.99. The number of benzene rings is 1. The van der Waals surface area contributed by atoms with Crippen molar-refractivity contribution in [1.82, 2.24) is 4.90 Å². The molecular weight excluding hydrogens is 283 g/mol. The van der Waals surface area contributed by atoms with E-state index >= 15 is 0 Å². The first kappa shape index (κ1) is 14.2. The van der Waals surface area contributed by atoms with E-state index in [2.05, 4.69) is 4.74 Å². The van der Waals surface area contributed by atoms with Crippen LogP contribution in [0.15, 0.2) is 24.3 Å². The van der Waals surface area contributed by atoms with E-state index in [1.807, 2.05) is 0 Å². The topological polar surface area (TPSA) is 29.5 Å². The van der Waals surface area contributed by atoms with Crippen molar-refractivity contribution in [3.63, 3.8) is 0 Å². The number of carbonyl (C=O) groups is 1. The van der Waals surface area contributed by atoms with E-state index in [-0.39, 0.29) is 11.2 Å². The van der Waals surface area contributed by atoms with Crippen LogP contribution in [0.3, 0.4) is 0 Å². The van der Waals surface area contributed by atoms with Crippen molar-refractivity contribution < 1.29 is 22.7 Å². The number of rotatable bonds is 3. The molecule has 114 valence electrons. The molecule has 0 aromatic heterocycles. The minimum Gasteiger partial charge on any atom is -0.406 e. The molecule has 1 aliphatic heterocycles. The van der Waals surface area contributed by atoms with Crippen LogP contribution in [0.2, 0.25) is 0 Å². The molecule has 1 aromatic carbocycles. The summed E-state index contributed by atoms with van der Waals surface area (Å²) in [5.41, 5.74) is 1.28. The quantitative estimate of drug-likeness (QED) is 0.801. The summed E-state index contributed by atoms with van der Waals surface area (Å²) in [6.07, 6.45) is -0.684. The first-order valence-electron chi connectivity index (χ1n) is 6.94. The maximum absolute atomic E-state index is 12.1. The van der Waals surface area contributed by atoms with Crippen molar-refractivity contribution >= 4 is 6.41 Å². The highest BCUT2D eigenvalue weighted by molar-refractivity contribution is 5.49. The lowest BCUT2D eigenvalue weighted by Crippen LogP contribution is -2.54. The number of carbonyl (C=O) groups excluding carboxylic acids is 1. The van der Waals surface area contributed by atoms with Gasteiger partial charge in [0.25, 0.3) is 0 Å². The van der Waals surface area contributed by atoms with Crippen molar-refractivity contribution in [3.8, 4) is 5.75 Å². The van der Waals surface area contributed by atoms with Gasteiger partial charge in [0.05, 0.1) is 0 Å². The van der Waals surface area contributed by atoms with Crippen LogP contribution in [-0.4, -0.2) is 30.8 Å². The molecule has 0 N–H and O–H groups in total. The zero-order valence-electron chi connectivity index (χ0n) is 11.4. The van der Waals surface area contributed by atoms with Crippen molar-refractivity contribution in [2.24, 2.45) is 5.41 Å². The number of likely N-dealkylation sites (tertiary alicyclic amines) is 1. The van der Waals surface area contributed by atoms with Crippen LogP contribution in [0.4, 0.5) is 13.2 Å². The molecule has 0 radical (unpaired) electrons. The number of alkyl halides is 3. The number of amides is 1. The monoisotopic (exact) mass is 299 g/mol. The molecule has 1 heterocycles. The Morgan fingerprint density at radius 1 is 1.24 bits per heavy atom. The van der Waals surface area contributed by atoms with E-state index in [1.165, 1.54) is 12.1 Å². The van der Waals surface area contributed by atoms with Crippen molar-refractivity contribution in [2.45, 2.75) is 31.5 Å². The average molecular weight is 299 g/mol. The van der Waals surface area contributed by atoms with Gasteiger partial charge in [-0.05, 0) is 42.9 Å². The van der Waals surface area contributed by atoms with E-state index in [1.54, 1.807) is 17.0 Å². The van der Waals surface area contributed by atoms with Gasteiger partial charge >= 0.3 is 6.36 Å². The molecule has 3 rings (SSSR count). The Morgan fingerprint density at radius 2 is 1.90 bits per heavy atom. The minimum absolute atomic E-state index is 0.185. The number of hydrogen-bond acceptors (Lipinski definition) is 2. The molecule has 21 heavy (non-hydrogen) atoms. The molecule has 3 nitrogen and oxygen atoms in total. The Balaban J connectivity index is 1.62. The average Bonchev–Trinajstić information content (AvgIpc) is 2.81. The first-order chi connectivity index (χ1) is 9.89. The molecule has 0 bridgehead atoms. The molecule has 2 aliphatic rings. The standard InChI is InChI=1S/C15H16F3NO2/c16-15(17,18)21-13-3-1-11(2-4-13)12-5-6-14(7-12)8-19(9-14)10-20/h1-4,10,12H,5-9H2/t12-/m0/s1. The molecule has 1 saturated heterocycles. The number of ether oxygens (including phenoxy) is 1. The van der Waals surface area contributed by atoms with Crippen LogP contribution in [0, 0.1) is 5.41 Å². The van der Waals surface area contributed by atoms with Crippen LogP contribution in [-0.2, 0) is 4.79 Å². The summed E-state index contributed by atoms with van der Waals surface area (Å²) in [6, 6.07) is 6.15. The predicted octanol–water partition coefficient (Wildman–Crippen LogP) is 3.31. The fraction of sp³-hybridized carbons (Fsp3) is 0.533. The molecule has 1 aromatic rings. The molecular formula is C15H16F3NO2. The highest BCUT2D eigenvalue weighted by atomic mass is 19.4. The maximum Gasteiger partial charge on any atom is 0.573 e. The van der Waals surface area contributed by atoms with Gasteiger partial charge < -0.3 is 9.64 Å². The van der Waals surface area contributed by atoms with E-state index in [9.17, 15) is 18.0 Å². The summed E-state index contributed by atoms with van der Waals surface area (Å²) < 4.78 is 40.2. The van der Waals surface area contributed by atoms with Crippen molar-refractivity contribution in [1.29, 1.82) is 0 Å².